The lowest BCUT2D eigenvalue weighted by Crippen LogP contribution is -2.16. The van der Waals surface area contributed by atoms with Crippen molar-refractivity contribution in [3.8, 4) is 0 Å². The molecule has 78 valence electrons. The number of hydrogen-bond acceptors (Lipinski definition) is 4. The van der Waals surface area contributed by atoms with Crippen LogP contribution in [0.5, 0.6) is 0 Å². The van der Waals surface area contributed by atoms with E-state index < -0.39 is 7.82 Å². The van der Waals surface area contributed by atoms with Crippen molar-refractivity contribution in [3.05, 3.63) is 0 Å². The van der Waals surface area contributed by atoms with E-state index in [1.807, 2.05) is 0 Å². The van der Waals surface area contributed by atoms with Crippen molar-refractivity contribution < 1.29 is 18.9 Å². The summed E-state index contributed by atoms with van der Waals surface area (Å²) in [6, 6.07) is 0. The third-order valence-electron chi connectivity index (χ3n) is 0.777. The summed E-state index contributed by atoms with van der Waals surface area (Å²) < 4.78 is 14.8. The summed E-state index contributed by atoms with van der Waals surface area (Å²) in [5, 5.41) is 0. The van der Waals surface area contributed by atoms with Crippen LogP contribution < -0.4 is 22.1 Å². The molecule has 6 nitrogen and oxygen atoms in total. The molecule has 0 saturated heterocycles. The maximum absolute atomic E-state index is 9.84. The molecule has 0 fully saturated rings. The number of halogens is 1. The second-order valence-electron chi connectivity index (χ2n) is 1.68. The van der Waals surface area contributed by atoms with E-state index in [4.69, 9.17) is 0 Å². The molecule has 8 heteroatoms. The predicted molar refractivity (Wildman–Crippen MR) is 53.6 cm³/mol. The molecule has 0 bridgehead atoms. The van der Waals surface area contributed by atoms with Crippen molar-refractivity contribution in [2.45, 2.75) is 12.8 Å². The molecule has 0 rings (SSSR count). The average Bonchev–Trinajstić information content (AvgIpc) is 1.78. The first-order valence-corrected chi connectivity index (χ1v) is 5.77. The molecular formula is C4H16IN2O4P. The Morgan fingerprint density at radius 3 is 2.08 bits per heavy atom. The topological polar surface area (TPSA) is 145 Å². The Bertz CT molecular complexity index is 130. The number of rotatable bonds is 5. The maximum Gasteiger partial charge on any atom is 0.0596 e. The first-order valence-electron chi connectivity index (χ1n) is 2.79. The van der Waals surface area contributed by atoms with Gasteiger partial charge in [-0.3, -0.25) is 0 Å². The van der Waals surface area contributed by atoms with Gasteiger partial charge < -0.3 is 31.2 Å². The number of alkyl halides is 1. The fourth-order valence-corrected chi connectivity index (χ4v) is 1.26. The van der Waals surface area contributed by atoms with E-state index in [-0.39, 0.29) is 18.9 Å². The van der Waals surface area contributed by atoms with Gasteiger partial charge in [0, 0.05) is 0 Å². The predicted octanol–water partition coefficient (Wildman–Crippen LogP) is 0.799. The average molecular weight is 314 g/mol. The highest BCUT2D eigenvalue weighted by Gasteiger charge is 1.90. The summed E-state index contributed by atoms with van der Waals surface area (Å²) in [7, 11) is -4.71. The summed E-state index contributed by atoms with van der Waals surface area (Å²) in [4.78, 5) is 19.7. The van der Waals surface area contributed by atoms with Gasteiger partial charge in [0.1, 0.15) is 0 Å². The first kappa shape index (κ1) is 18.5. The fraction of sp³-hybridized carbons (Fsp3) is 1.00. The van der Waals surface area contributed by atoms with Crippen LogP contribution >= 0.6 is 30.4 Å². The van der Waals surface area contributed by atoms with E-state index in [1.165, 1.54) is 0 Å². The summed E-state index contributed by atoms with van der Waals surface area (Å²) in [5.74, 6) is 0. The standard InChI is InChI=1S/C4H10IO4P.2H3N/c5-3-1-2-4-9-10(6,7)8;;/h1-4H2,(H2,6,7,8);2*1H3. The highest BCUT2D eigenvalue weighted by molar-refractivity contribution is 14.1. The van der Waals surface area contributed by atoms with E-state index in [0.29, 0.717) is 6.42 Å². The number of phosphoric acid groups is 1. The van der Waals surface area contributed by atoms with E-state index in [2.05, 4.69) is 27.1 Å². The molecule has 0 aromatic carbocycles. The van der Waals surface area contributed by atoms with E-state index in [1.54, 1.807) is 0 Å². The molecule has 0 aliphatic rings. The zero-order chi connectivity index (χ0) is 8.04. The lowest BCUT2D eigenvalue weighted by atomic mass is 10.4. The minimum atomic E-state index is -4.71. The van der Waals surface area contributed by atoms with E-state index in [9.17, 15) is 14.4 Å². The Morgan fingerprint density at radius 2 is 1.75 bits per heavy atom. The summed E-state index contributed by atoms with van der Waals surface area (Å²) >= 11 is 2.17. The molecule has 0 aromatic rings. The van der Waals surface area contributed by atoms with Crippen molar-refractivity contribution in [1.82, 2.24) is 12.3 Å². The number of phosphoric ester groups is 1. The minimum Gasteiger partial charge on any atom is -0.790 e. The van der Waals surface area contributed by atoms with Crippen LogP contribution in [0.4, 0.5) is 0 Å². The van der Waals surface area contributed by atoms with Crippen LogP contribution in [0.15, 0.2) is 0 Å². The SMILES string of the molecule is O=P([O-])([O-])OCCCCI.[NH4+].[NH4+]. The quantitative estimate of drug-likeness (QED) is 0.334. The highest BCUT2D eigenvalue weighted by atomic mass is 127. The molecule has 0 heterocycles. The number of hydrogen-bond donors (Lipinski definition) is 2. The second kappa shape index (κ2) is 9.85. The molecule has 0 aromatic heterocycles. The zero-order valence-corrected chi connectivity index (χ0v) is 10.3. The van der Waals surface area contributed by atoms with Crippen LogP contribution in [-0.4, -0.2) is 11.0 Å². The third-order valence-corrected chi connectivity index (χ3v) is 2.04. The molecule has 12 heavy (non-hydrogen) atoms. The normalized spacial score (nSPS) is 9.92. The van der Waals surface area contributed by atoms with Gasteiger partial charge in [0.25, 0.3) is 0 Å². The maximum atomic E-state index is 9.84. The largest absolute Gasteiger partial charge is 0.790 e. The molecule has 0 aliphatic carbocycles. The Labute approximate surface area is 85.6 Å². The van der Waals surface area contributed by atoms with Crippen LogP contribution in [0.3, 0.4) is 0 Å². The summed E-state index contributed by atoms with van der Waals surface area (Å²) in [6.45, 7) is 0.0211. The lowest BCUT2D eigenvalue weighted by molar-refractivity contribution is -0.341. The van der Waals surface area contributed by atoms with Crippen LogP contribution in [0, 0.1) is 0 Å². The Morgan fingerprint density at radius 1 is 1.25 bits per heavy atom. The van der Waals surface area contributed by atoms with Gasteiger partial charge in [-0.2, -0.15) is 0 Å². The molecule has 0 spiro atoms. The van der Waals surface area contributed by atoms with Gasteiger partial charge in [0.15, 0.2) is 0 Å². The van der Waals surface area contributed by atoms with Crippen LogP contribution in [0.2, 0.25) is 0 Å². The van der Waals surface area contributed by atoms with Crippen molar-refractivity contribution in [2.75, 3.05) is 11.0 Å². The molecule has 0 radical (unpaired) electrons. The molecule has 0 atom stereocenters. The van der Waals surface area contributed by atoms with Gasteiger partial charge in [-0.05, 0) is 17.3 Å². The van der Waals surface area contributed by atoms with Gasteiger partial charge in [0.2, 0.25) is 0 Å². The Hall–Kier alpha value is 0.760. The van der Waals surface area contributed by atoms with E-state index >= 15 is 0 Å². The van der Waals surface area contributed by atoms with Crippen molar-refractivity contribution in [2.24, 2.45) is 0 Å². The van der Waals surface area contributed by atoms with Gasteiger partial charge in [-0.15, -0.1) is 0 Å². The van der Waals surface area contributed by atoms with E-state index in [0.717, 1.165) is 10.8 Å². The van der Waals surface area contributed by atoms with Crippen LogP contribution in [0.25, 0.3) is 0 Å². The third kappa shape index (κ3) is 17.0. The Kier molecular flexibility index (Phi) is 15.2. The Balaban J connectivity index is -0.000000405. The van der Waals surface area contributed by atoms with Crippen LogP contribution in [-0.2, 0) is 9.09 Å². The highest BCUT2D eigenvalue weighted by Crippen LogP contribution is 2.24. The van der Waals surface area contributed by atoms with Crippen LogP contribution in [0.1, 0.15) is 12.8 Å². The van der Waals surface area contributed by atoms with Gasteiger partial charge in [-0.1, -0.05) is 22.6 Å². The number of quaternary nitrogens is 2. The second-order valence-corrected chi connectivity index (χ2v) is 3.91. The summed E-state index contributed by atoms with van der Waals surface area (Å²) in [5.41, 5.74) is 0. The molecular weight excluding hydrogens is 298 g/mol. The first-order chi connectivity index (χ1) is 4.56. The smallest absolute Gasteiger partial charge is 0.0596 e. The molecule has 0 unspecified atom stereocenters. The lowest BCUT2D eigenvalue weighted by Gasteiger charge is -2.28. The fourth-order valence-electron chi connectivity index (χ4n) is 0.373. The van der Waals surface area contributed by atoms with Crippen molar-refractivity contribution >= 4 is 30.4 Å². The van der Waals surface area contributed by atoms with Gasteiger partial charge in [-0.25, -0.2) is 0 Å². The summed E-state index contributed by atoms with van der Waals surface area (Å²) in [6.07, 6.45) is 1.50. The minimum absolute atomic E-state index is 0. The van der Waals surface area contributed by atoms with Crippen molar-refractivity contribution in [1.29, 1.82) is 0 Å². The van der Waals surface area contributed by atoms with Crippen molar-refractivity contribution in [3.63, 3.8) is 0 Å². The zero-order valence-electron chi connectivity index (χ0n) is 7.29. The monoisotopic (exact) mass is 314 g/mol. The van der Waals surface area contributed by atoms with Gasteiger partial charge in [0.05, 0.1) is 14.4 Å². The molecule has 8 N–H and O–H groups in total. The van der Waals surface area contributed by atoms with Gasteiger partial charge >= 0.3 is 0 Å². The number of unbranched alkanes of at least 4 members (excludes halogenated alkanes) is 1. The molecule has 0 amide bonds. The molecule has 0 saturated carbocycles. The molecule has 0 aliphatic heterocycles.